The van der Waals surface area contributed by atoms with E-state index < -0.39 is 0 Å². The van der Waals surface area contributed by atoms with Gasteiger partial charge in [-0.05, 0) is 68.4 Å². The Labute approximate surface area is 110 Å². The van der Waals surface area contributed by atoms with Gasteiger partial charge in [-0.15, -0.1) is 0 Å². The van der Waals surface area contributed by atoms with Crippen LogP contribution in [0.5, 0.6) is 0 Å². The van der Waals surface area contributed by atoms with E-state index in [2.05, 4.69) is 38.6 Å². The average Bonchev–Trinajstić information content (AvgIpc) is 2.28. The van der Waals surface area contributed by atoms with Crippen LogP contribution in [0.2, 0.25) is 0 Å². The lowest BCUT2D eigenvalue weighted by atomic mass is 10.5. The predicted molar refractivity (Wildman–Crippen MR) is 72.9 cm³/mol. The highest BCUT2D eigenvalue weighted by atomic mass is 127. The van der Waals surface area contributed by atoms with E-state index in [9.17, 15) is 0 Å². The van der Waals surface area contributed by atoms with E-state index in [1.807, 2.05) is 30.5 Å². The molecule has 0 N–H and O–H groups in total. The second kappa shape index (κ2) is 5.72. The van der Waals surface area contributed by atoms with E-state index in [4.69, 9.17) is 0 Å². The highest BCUT2D eigenvalue weighted by Gasteiger charge is 1.99. The fourth-order valence-electron chi connectivity index (χ4n) is 0.913. The lowest BCUT2D eigenvalue weighted by Crippen LogP contribution is -1.79. The number of pyridine rings is 2. The Kier molecular flexibility index (Phi) is 4.28. The van der Waals surface area contributed by atoms with Gasteiger partial charge < -0.3 is 0 Å². The molecule has 15 heavy (non-hydrogen) atoms. The normalized spacial score (nSPS) is 10.2. The first-order valence-electron chi connectivity index (χ1n) is 4.22. The Morgan fingerprint density at radius 2 is 1.73 bits per heavy atom. The number of halogens is 1. The van der Waals surface area contributed by atoms with Gasteiger partial charge in [0.25, 0.3) is 0 Å². The molecule has 0 aromatic carbocycles. The minimum atomic E-state index is 1.00. The van der Waals surface area contributed by atoms with Gasteiger partial charge in [0.15, 0.2) is 0 Å². The summed E-state index contributed by atoms with van der Waals surface area (Å²) in [6.45, 7) is 0. The maximum atomic E-state index is 4.26. The number of hydrogen-bond acceptors (Lipinski definition) is 4. The Balaban J connectivity index is 1.99. The molecule has 2 aromatic rings. The van der Waals surface area contributed by atoms with Crippen LogP contribution in [0.15, 0.2) is 52.8 Å². The SMILES string of the molecule is Ic1ccnc(SSc2ccccn2)c1. The summed E-state index contributed by atoms with van der Waals surface area (Å²) in [7, 11) is 3.25. The summed E-state index contributed by atoms with van der Waals surface area (Å²) in [5.41, 5.74) is 0. The third-order valence-corrected chi connectivity index (χ3v) is 4.38. The zero-order chi connectivity index (χ0) is 10.5. The minimum absolute atomic E-state index is 1.00. The third-order valence-electron chi connectivity index (χ3n) is 1.55. The Hall–Kier alpha value is -0.270. The molecule has 0 radical (unpaired) electrons. The van der Waals surface area contributed by atoms with E-state index in [1.54, 1.807) is 27.8 Å². The molecule has 0 aliphatic heterocycles. The first-order chi connectivity index (χ1) is 7.34. The van der Waals surface area contributed by atoms with Crippen LogP contribution in [0.1, 0.15) is 0 Å². The molecule has 0 unspecified atom stereocenters. The van der Waals surface area contributed by atoms with Crippen molar-refractivity contribution in [3.8, 4) is 0 Å². The molecule has 0 fully saturated rings. The lowest BCUT2D eigenvalue weighted by molar-refractivity contribution is 1.13. The van der Waals surface area contributed by atoms with E-state index in [1.165, 1.54) is 3.57 Å². The van der Waals surface area contributed by atoms with Crippen LogP contribution in [0.25, 0.3) is 0 Å². The van der Waals surface area contributed by atoms with Gasteiger partial charge in [0, 0.05) is 16.0 Å². The number of hydrogen-bond donors (Lipinski definition) is 0. The summed E-state index contributed by atoms with van der Waals surface area (Å²) in [6, 6.07) is 9.93. The topological polar surface area (TPSA) is 25.8 Å². The van der Waals surface area contributed by atoms with Crippen LogP contribution in [0.3, 0.4) is 0 Å². The standard InChI is InChI=1S/C10H7IN2S2/c11-8-4-6-13-10(7-8)15-14-9-3-1-2-5-12-9/h1-7H. The summed E-state index contributed by atoms with van der Waals surface area (Å²) in [5, 5.41) is 2.01. The highest BCUT2D eigenvalue weighted by Crippen LogP contribution is 2.34. The summed E-state index contributed by atoms with van der Waals surface area (Å²) < 4.78 is 1.20. The number of aromatic nitrogens is 2. The van der Waals surface area contributed by atoms with Crippen LogP contribution >= 0.6 is 44.2 Å². The average molecular weight is 346 g/mol. The molecular weight excluding hydrogens is 339 g/mol. The smallest absolute Gasteiger partial charge is 0.108 e. The minimum Gasteiger partial charge on any atom is -0.249 e. The van der Waals surface area contributed by atoms with Crippen molar-refractivity contribution in [2.75, 3.05) is 0 Å². The fraction of sp³-hybridized carbons (Fsp3) is 0. The molecule has 2 rings (SSSR count). The second-order valence-electron chi connectivity index (χ2n) is 2.65. The molecule has 0 amide bonds. The van der Waals surface area contributed by atoms with Crippen molar-refractivity contribution < 1.29 is 0 Å². The molecule has 5 heteroatoms. The van der Waals surface area contributed by atoms with Crippen molar-refractivity contribution in [2.45, 2.75) is 10.1 Å². The summed E-state index contributed by atoms with van der Waals surface area (Å²) in [5.74, 6) is 0. The predicted octanol–water partition coefficient (Wildman–Crippen LogP) is 3.88. The van der Waals surface area contributed by atoms with Crippen LogP contribution in [-0.2, 0) is 0 Å². The van der Waals surface area contributed by atoms with Crippen molar-refractivity contribution in [1.29, 1.82) is 0 Å². The van der Waals surface area contributed by atoms with Crippen molar-refractivity contribution in [2.24, 2.45) is 0 Å². The maximum Gasteiger partial charge on any atom is 0.108 e. The van der Waals surface area contributed by atoms with Crippen LogP contribution in [-0.4, -0.2) is 9.97 Å². The van der Waals surface area contributed by atoms with Gasteiger partial charge in [0.05, 0.1) is 0 Å². The molecule has 0 saturated heterocycles. The van der Waals surface area contributed by atoms with Crippen LogP contribution < -0.4 is 0 Å². The largest absolute Gasteiger partial charge is 0.249 e. The van der Waals surface area contributed by atoms with E-state index in [0.717, 1.165) is 10.1 Å². The Morgan fingerprint density at radius 3 is 2.47 bits per heavy atom. The molecule has 0 aliphatic rings. The van der Waals surface area contributed by atoms with Crippen molar-refractivity contribution in [1.82, 2.24) is 9.97 Å². The monoisotopic (exact) mass is 346 g/mol. The maximum absolute atomic E-state index is 4.26. The second-order valence-corrected chi connectivity index (χ2v) is 6.06. The number of rotatable bonds is 3. The summed E-state index contributed by atoms with van der Waals surface area (Å²) in [4.78, 5) is 8.49. The van der Waals surface area contributed by atoms with Crippen molar-refractivity contribution >= 4 is 44.2 Å². The van der Waals surface area contributed by atoms with Gasteiger partial charge in [-0.2, -0.15) is 0 Å². The molecule has 0 bridgehead atoms. The highest BCUT2D eigenvalue weighted by molar-refractivity contribution is 14.1. The molecule has 0 saturated carbocycles. The van der Waals surface area contributed by atoms with Crippen LogP contribution in [0.4, 0.5) is 0 Å². The van der Waals surface area contributed by atoms with Crippen LogP contribution in [0, 0.1) is 3.57 Å². The van der Waals surface area contributed by atoms with Gasteiger partial charge in [0.1, 0.15) is 10.1 Å². The van der Waals surface area contributed by atoms with E-state index in [0.29, 0.717) is 0 Å². The zero-order valence-corrected chi connectivity index (χ0v) is 11.4. The molecular formula is C10H7IN2S2. The molecule has 0 atom stereocenters. The molecule has 0 aliphatic carbocycles. The van der Waals surface area contributed by atoms with E-state index in [-0.39, 0.29) is 0 Å². The summed E-state index contributed by atoms with van der Waals surface area (Å²) >= 11 is 2.28. The zero-order valence-electron chi connectivity index (χ0n) is 7.63. The van der Waals surface area contributed by atoms with Gasteiger partial charge in [-0.25, -0.2) is 9.97 Å². The quantitative estimate of drug-likeness (QED) is 0.622. The van der Waals surface area contributed by atoms with Crippen molar-refractivity contribution in [3.05, 3.63) is 46.3 Å². The number of nitrogens with zero attached hydrogens (tertiary/aromatic N) is 2. The molecule has 76 valence electrons. The van der Waals surface area contributed by atoms with Gasteiger partial charge in [0.2, 0.25) is 0 Å². The lowest BCUT2D eigenvalue weighted by Gasteiger charge is -1.99. The first kappa shape index (κ1) is 11.2. The molecule has 2 heterocycles. The van der Waals surface area contributed by atoms with Gasteiger partial charge in [-0.3, -0.25) is 0 Å². The fourth-order valence-corrected chi connectivity index (χ4v) is 3.35. The molecule has 2 aromatic heterocycles. The van der Waals surface area contributed by atoms with Gasteiger partial charge >= 0.3 is 0 Å². The summed E-state index contributed by atoms with van der Waals surface area (Å²) in [6.07, 6.45) is 3.62. The Bertz CT molecular complexity index is 436. The first-order valence-corrected chi connectivity index (χ1v) is 7.44. The third kappa shape index (κ3) is 3.66. The molecule has 2 nitrogen and oxygen atoms in total. The molecule has 0 spiro atoms. The van der Waals surface area contributed by atoms with Crippen molar-refractivity contribution in [3.63, 3.8) is 0 Å². The van der Waals surface area contributed by atoms with E-state index >= 15 is 0 Å². The van der Waals surface area contributed by atoms with Gasteiger partial charge in [-0.1, -0.05) is 6.07 Å². The Morgan fingerprint density at radius 1 is 0.933 bits per heavy atom.